The molecule has 5 rings (SSSR count). The smallest absolute Gasteiger partial charge is 0.151 e. The van der Waals surface area contributed by atoms with Crippen molar-refractivity contribution in [2.75, 3.05) is 11.9 Å². The van der Waals surface area contributed by atoms with Crippen LogP contribution in [0.3, 0.4) is 0 Å². The zero-order valence-electron chi connectivity index (χ0n) is 14.1. The zero-order valence-corrected chi connectivity index (χ0v) is 14.1. The number of para-hydroxylation sites is 3. The minimum absolute atomic E-state index is 0. The van der Waals surface area contributed by atoms with Crippen molar-refractivity contribution in [2.24, 2.45) is 0 Å². The van der Waals surface area contributed by atoms with Crippen LogP contribution in [0.1, 0.15) is 21.3 Å². The molecule has 1 aliphatic rings. The van der Waals surface area contributed by atoms with Crippen LogP contribution in [0.2, 0.25) is 0 Å². The second kappa shape index (κ2) is 6.52. The number of rotatable bonds is 0. The lowest BCUT2D eigenvalue weighted by Crippen LogP contribution is -2.15. The minimum atomic E-state index is 0. The van der Waals surface area contributed by atoms with Crippen LogP contribution in [0.15, 0.2) is 60.7 Å². The molecule has 0 saturated carbocycles. The van der Waals surface area contributed by atoms with E-state index in [0.717, 1.165) is 33.9 Å². The molecule has 0 radical (unpaired) electrons. The highest BCUT2D eigenvalue weighted by atomic mass is 16.5. The Morgan fingerprint density at radius 2 is 1.48 bits per heavy atom. The van der Waals surface area contributed by atoms with E-state index in [1.807, 2.05) is 32.0 Å². The van der Waals surface area contributed by atoms with Crippen molar-refractivity contribution in [1.29, 1.82) is 0 Å². The Morgan fingerprint density at radius 3 is 2.32 bits per heavy atom. The lowest BCUT2D eigenvalue weighted by atomic mass is 10.1. The van der Waals surface area contributed by atoms with Gasteiger partial charge in [0, 0.05) is 28.9 Å². The van der Waals surface area contributed by atoms with Gasteiger partial charge in [-0.15, -0.1) is 0 Å². The van der Waals surface area contributed by atoms with Gasteiger partial charge in [0.15, 0.2) is 11.5 Å². The lowest BCUT2D eigenvalue weighted by molar-refractivity contribution is 0.476. The van der Waals surface area contributed by atoms with Gasteiger partial charge in [0.25, 0.3) is 0 Å². The maximum Gasteiger partial charge on any atom is 0.151 e. The van der Waals surface area contributed by atoms with Crippen molar-refractivity contribution >= 4 is 33.2 Å². The van der Waals surface area contributed by atoms with Gasteiger partial charge in [-0.1, -0.05) is 51.6 Å². The summed E-state index contributed by atoms with van der Waals surface area (Å²) in [5.74, 6) is 1.80. The molecule has 0 fully saturated rings. The molecule has 1 aliphatic heterocycles. The standard InChI is InChI=1S/C19H14N2O.C2H6.CH4/c1-21-16-8-4-5-9-18(16)22-19-10-13-12-6-2-3-7-14(12)20-15(13)11-17(19)21;1-2;/h2-11,20H,1H3;1-2H3;1H4. The maximum absolute atomic E-state index is 6.12. The van der Waals surface area contributed by atoms with Gasteiger partial charge in [-0.05, 0) is 30.3 Å². The molecule has 128 valence electrons. The SMILES string of the molecule is C.CC.CN1c2ccccc2Oc2cc3c(cc21)[nH]c1ccccc13. The average Bonchev–Trinajstić information content (AvgIpc) is 3.00. The number of nitrogens with zero attached hydrogens (tertiary/aromatic N) is 1. The maximum atomic E-state index is 6.12. The van der Waals surface area contributed by atoms with Gasteiger partial charge < -0.3 is 14.6 Å². The van der Waals surface area contributed by atoms with Gasteiger partial charge in [0.2, 0.25) is 0 Å². The monoisotopic (exact) mass is 332 g/mol. The molecule has 3 aromatic carbocycles. The molecule has 0 spiro atoms. The van der Waals surface area contributed by atoms with E-state index < -0.39 is 0 Å². The molecule has 1 aromatic heterocycles. The average molecular weight is 332 g/mol. The summed E-state index contributed by atoms with van der Waals surface area (Å²) in [6.45, 7) is 4.00. The fraction of sp³-hybridized carbons (Fsp3) is 0.182. The second-order valence-corrected chi connectivity index (χ2v) is 5.66. The van der Waals surface area contributed by atoms with Crippen molar-refractivity contribution in [1.82, 2.24) is 4.98 Å². The highest BCUT2D eigenvalue weighted by molar-refractivity contribution is 6.09. The molecule has 2 heterocycles. The number of nitrogens with one attached hydrogen (secondary N) is 1. The molecule has 0 unspecified atom stereocenters. The predicted molar refractivity (Wildman–Crippen MR) is 108 cm³/mol. The topological polar surface area (TPSA) is 28.3 Å². The molecule has 0 aliphatic carbocycles. The number of ether oxygens (including phenoxy) is 1. The zero-order chi connectivity index (χ0) is 16.7. The number of aromatic nitrogens is 1. The van der Waals surface area contributed by atoms with Crippen LogP contribution >= 0.6 is 0 Å². The summed E-state index contributed by atoms with van der Waals surface area (Å²) in [6, 6.07) is 20.8. The van der Waals surface area contributed by atoms with Crippen LogP contribution in [0.5, 0.6) is 11.5 Å². The summed E-state index contributed by atoms with van der Waals surface area (Å²) in [5, 5.41) is 2.42. The Balaban J connectivity index is 0.000000588. The molecule has 0 atom stereocenters. The van der Waals surface area contributed by atoms with Crippen molar-refractivity contribution in [3.63, 3.8) is 0 Å². The molecule has 0 saturated heterocycles. The molecule has 0 amide bonds. The van der Waals surface area contributed by atoms with Gasteiger partial charge in [0.1, 0.15) is 0 Å². The van der Waals surface area contributed by atoms with Crippen molar-refractivity contribution in [2.45, 2.75) is 21.3 Å². The third-order valence-corrected chi connectivity index (χ3v) is 4.39. The number of aromatic amines is 1. The Labute approximate surface area is 148 Å². The first kappa shape index (κ1) is 16.9. The van der Waals surface area contributed by atoms with Crippen molar-refractivity contribution < 1.29 is 4.74 Å². The van der Waals surface area contributed by atoms with E-state index in [1.165, 1.54) is 10.8 Å². The number of anilines is 2. The van der Waals surface area contributed by atoms with Crippen LogP contribution in [0, 0.1) is 0 Å². The van der Waals surface area contributed by atoms with E-state index in [4.69, 9.17) is 4.74 Å². The second-order valence-electron chi connectivity index (χ2n) is 5.66. The van der Waals surface area contributed by atoms with Crippen LogP contribution < -0.4 is 9.64 Å². The summed E-state index contributed by atoms with van der Waals surface area (Å²) >= 11 is 0. The molecular formula is C22H24N2O. The van der Waals surface area contributed by atoms with Crippen LogP contribution in [0.4, 0.5) is 11.4 Å². The summed E-state index contributed by atoms with van der Waals surface area (Å²) < 4.78 is 6.12. The summed E-state index contributed by atoms with van der Waals surface area (Å²) in [6.07, 6.45) is 0. The van der Waals surface area contributed by atoms with E-state index >= 15 is 0 Å². The Kier molecular flexibility index (Phi) is 4.41. The van der Waals surface area contributed by atoms with Gasteiger partial charge in [-0.2, -0.15) is 0 Å². The van der Waals surface area contributed by atoms with E-state index in [9.17, 15) is 0 Å². The summed E-state index contributed by atoms with van der Waals surface area (Å²) in [4.78, 5) is 5.67. The number of hydrogen-bond acceptors (Lipinski definition) is 2. The van der Waals surface area contributed by atoms with Gasteiger partial charge in [-0.3, -0.25) is 0 Å². The molecule has 4 aromatic rings. The van der Waals surface area contributed by atoms with E-state index in [0.29, 0.717) is 0 Å². The number of fused-ring (bicyclic) bond motifs is 5. The van der Waals surface area contributed by atoms with Gasteiger partial charge in [0.05, 0.1) is 11.4 Å². The molecular weight excluding hydrogens is 308 g/mol. The van der Waals surface area contributed by atoms with E-state index in [-0.39, 0.29) is 7.43 Å². The summed E-state index contributed by atoms with van der Waals surface area (Å²) in [5.41, 5.74) is 4.46. The fourth-order valence-corrected chi connectivity index (χ4v) is 3.28. The summed E-state index contributed by atoms with van der Waals surface area (Å²) in [7, 11) is 2.08. The first-order valence-corrected chi connectivity index (χ1v) is 8.36. The molecule has 3 nitrogen and oxygen atoms in total. The first-order valence-electron chi connectivity index (χ1n) is 8.36. The van der Waals surface area contributed by atoms with E-state index in [2.05, 4.69) is 59.4 Å². The Morgan fingerprint density at radius 1 is 0.760 bits per heavy atom. The Hall–Kier alpha value is -2.94. The largest absolute Gasteiger partial charge is 0.453 e. The molecule has 0 bridgehead atoms. The lowest BCUT2D eigenvalue weighted by Gasteiger charge is -2.29. The van der Waals surface area contributed by atoms with Crippen LogP contribution in [-0.4, -0.2) is 12.0 Å². The number of hydrogen-bond donors (Lipinski definition) is 1. The number of benzene rings is 3. The molecule has 1 N–H and O–H groups in total. The van der Waals surface area contributed by atoms with Gasteiger partial charge in [-0.25, -0.2) is 0 Å². The van der Waals surface area contributed by atoms with E-state index in [1.54, 1.807) is 0 Å². The van der Waals surface area contributed by atoms with Crippen molar-refractivity contribution in [3.05, 3.63) is 60.7 Å². The first-order chi connectivity index (χ1) is 11.8. The highest BCUT2D eigenvalue weighted by Crippen LogP contribution is 2.47. The fourth-order valence-electron chi connectivity index (χ4n) is 3.28. The molecule has 3 heteroatoms. The number of H-pyrrole nitrogens is 1. The predicted octanol–water partition coefficient (Wildman–Crippen LogP) is 6.86. The van der Waals surface area contributed by atoms with Gasteiger partial charge >= 0.3 is 0 Å². The third kappa shape index (κ3) is 2.52. The van der Waals surface area contributed by atoms with Crippen LogP contribution in [-0.2, 0) is 0 Å². The van der Waals surface area contributed by atoms with Crippen molar-refractivity contribution in [3.8, 4) is 11.5 Å². The van der Waals surface area contributed by atoms with Crippen LogP contribution in [0.25, 0.3) is 21.8 Å². The third-order valence-electron chi connectivity index (χ3n) is 4.39. The highest BCUT2D eigenvalue weighted by Gasteiger charge is 2.22. The quantitative estimate of drug-likeness (QED) is 0.381. The minimum Gasteiger partial charge on any atom is -0.453 e. The Bertz CT molecular complexity index is 1030. The normalized spacial score (nSPS) is 11.7. The molecule has 25 heavy (non-hydrogen) atoms.